The lowest BCUT2D eigenvalue weighted by Crippen LogP contribution is -2.13. The summed E-state index contributed by atoms with van der Waals surface area (Å²) in [5, 5.41) is 0. The first-order chi connectivity index (χ1) is 9.16. The third kappa shape index (κ3) is 2.01. The number of nitrogen functional groups attached to an aromatic ring is 1. The van der Waals surface area contributed by atoms with Gasteiger partial charge in [0.15, 0.2) is 0 Å². The van der Waals surface area contributed by atoms with E-state index in [-0.39, 0.29) is 5.69 Å². The van der Waals surface area contributed by atoms with Crippen LogP contribution in [0.25, 0.3) is 0 Å². The summed E-state index contributed by atoms with van der Waals surface area (Å²) in [5.41, 5.74) is 2.00. The summed E-state index contributed by atoms with van der Waals surface area (Å²) in [5.74, 6) is 0. The van der Waals surface area contributed by atoms with Crippen molar-refractivity contribution >= 4 is 21.6 Å². The van der Waals surface area contributed by atoms with Crippen LogP contribution in [0.5, 0.6) is 0 Å². The second kappa shape index (κ2) is 3.09. The van der Waals surface area contributed by atoms with Crippen molar-refractivity contribution in [1.29, 1.82) is 0 Å². The van der Waals surface area contributed by atoms with Crippen LogP contribution in [-0.4, -0.2) is 0 Å². The zero-order chi connectivity index (χ0) is 16.9. The van der Waals surface area contributed by atoms with E-state index >= 15 is 0 Å². The Morgan fingerprint density at radius 2 is 2.08 bits per heavy atom. The molecule has 2 heteroatoms. The lowest BCUT2D eigenvalue weighted by atomic mass is 9.86. The second-order valence-corrected chi connectivity index (χ2v) is 3.40. The number of rotatable bonds is 0. The molecule has 0 aliphatic heterocycles. The lowest BCUT2D eigenvalue weighted by molar-refractivity contribution is 0.592. The van der Waals surface area contributed by atoms with Gasteiger partial charge in [-0.1, -0.05) is 36.5 Å². The molecule has 0 spiro atoms. The van der Waals surface area contributed by atoms with E-state index in [1.54, 1.807) is 0 Å². The van der Waals surface area contributed by atoms with Crippen LogP contribution in [-0.2, 0) is 5.41 Å². The molecule has 66 valence electrons. The van der Waals surface area contributed by atoms with E-state index in [0.29, 0.717) is 4.47 Å². The van der Waals surface area contributed by atoms with Gasteiger partial charge in [-0.15, -0.1) is 0 Å². The Labute approximate surface area is 94.7 Å². The van der Waals surface area contributed by atoms with Crippen molar-refractivity contribution in [3.05, 3.63) is 28.2 Å². The number of hydrogen-bond acceptors (Lipinski definition) is 1. The van der Waals surface area contributed by atoms with Crippen LogP contribution >= 0.6 is 15.9 Å². The first-order valence-corrected chi connectivity index (χ1v) is 4.01. The summed E-state index contributed by atoms with van der Waals surface area (Å²) in [6.45, 7) is -9.92. The van der Waals surface area contributed by atoms with Crippen molar-refractivity contribution in [2.75, 3.05) is 5.73 Å². The molecule has 0 atom stereocenters. The van der Waals surface area contributed by atoms with Crippen LogP contribution in [0.2, 0.25) is 0 Å². The summed E-state index contributed by atoms with van der Waals surface area (Å²) in [7, 11) is 0. The predicted octanol–water partition coefficient (Wildman–Crippen LogP) is 3.33. The van der Waals surface area contributed by atoms with Gasteiger partial charge in [0.25, 0.3) is 0 Å². The molecule has 12 heavy (non-hydrogen) atoms. The maximum absolute atomic E-state index is 7.60. The highest BCUT2D eigenvalue weighted by molar-refractivity contribution is 9.10. The fourth-order valence-corrected chi connectivity index (χ4v) is 1.21. The smallest absolute Gasteiger partial charge is 0.0352 e. The average molecular weight is 237 g/mol. The van der Waals surface area contributed by atoms with E-state index in [1.807, 2.05) is 0 Å². The van der Waals surface area contributed by atoms with Crippen molar-refractivity contribution in [3.63, 3.8) is 0 Å². The molecular formula is C10H14BrN. The normalized spacial score (nSPS) is 25.9. The van der Waals surface area contributed by atoms with Crippen LogP contribution < -0.4 is 5.73 Å². The minimum absolute atomic E-state index is 0.193. The predicted molar refractivity (Wildman–Crippen MR) is 57.3 cm³/mol. The number of nitrogens with two attached hydrogens (primary N) is 1. The van der Waals surface area contributed by atoms with E-state index in [0.717, 1.165) is 6.07 Å². The molecule has 0 aromatic heterocycles. The minimum Gasteiger partial charge on any atom is -0.398 e. The number of benzene rings is 1. The van der Waals surface area contributed by atoms with Gasteiger partial charge < -0.3 is 5.73 Å². The monoisotopic (exact) mass is 236 g/mol. The molecule has 1 rings (SSSR count). The fraction of sp³-hybridized carbons (Fsp3) is 0.400. The van der Waals surface area contributed by atoms with Crippen LogP contribution in [0.15, 0.2) is 22.7 Å². The third-order valence-electron chi connectivity index (χ3n) is 1.42. The Morgan fingerprint density at radius 1 is 1.42 bits per heavy atom. The van der Waals surface area contributed by atoms with E-state index in [2.05, 4.69) is 15.9 Å². The highest BCUT2D eigenvalue weighted by atomic mass is 79.9. The van der Waals surface area contributed by atoms with Gasteiger partial charge >= 0.3 is 0 Å². The quantitative estimate of drug-likeness (QED) is 0.688. The second-order valence-electron chi connectivity index (χ2n) is 2.48. The highest BCUT2D eigenvalue weighted by Gasteiger charge is 2.16. The van der Waals surface area contributed by atoms with Crippen molar-refractivity contribution < 1.29 is 12.3 Å². The van der Waals surface area contributed by atoms with Gasteiger partial charge in [0, 0.05) is 22.5 Å². The largest absolute Gasteiger partial charge is 0.398 e. The van der Waals surface area contributed by atoms with Crippen LogP contribution in [0.1, 0.15) is 38.5 Å². The molecule has 0 amide bonds. The molecule has 1 nitrogen and oxygen atoms in total. The zero-order valence-corrected chi connectivity index (χ0v) is 7.77. The highest BCUT2D eigenvalue weighted by Crippen LogP contribution is 2.29. The SMILES string of the molecule is [2H]C([2H])([2H])C(c1cc(Br)ccc1N)(C([2H])([2H])[2H])C([2H])([2H])[2H]. The molecule has 2 N–H and O–H groups in total. The summed E-state index contributed by atoms with van der Waals surface area (Å²) in [4.78, 5) is 0. The van der Waals surface area contributed by atoms with Crippen molar-refractivity contribution in [2.45, 2.75) is 26.0 Å². The molecule has 0 radical (unpaired) electrons. The van der Waals surface area contributed by atoms with Crippen molar-refractivity contribution in [2.24, 2.45) is 0 Å². The molecule has 1 aromatic rings. The fourth-order valence-electron chi connectivity index (χ4n) is 0.853. The van der Waals surface area contributed by atoms with Crippen LogP contribution in [0.3, 0.4) is 0 Å². The van der Waals surface area contributed by atoms with Gasteiger partial charge in [-0.3, -0.25) is 0 Å². The Hall–Kier alpha value is -0.500. The van der Waals surface area contributed by atoms with Gasteiger partial charge in [-0.05, 0) is 29.2 Å². The molecule has 0 aliphatic carbocycles. The lowest BCUT2D eigenvalue weighted by Gasteiger charge is -2.21. The molecule has 0 saturated carbocycles. The van der Waals surface area contributed by atoms with Crippen LogP contribution in [0, 0.1) is 0 Å². The maximum atomic E-state index is 7.60. The standard InChI is InChI=1S/C10H14BrN/c1-10(2,3)8-6-7(11)4-5-9(8)12/h4-6H,12H2,1-3H3/i1D3,2D3,3D3. The van der Waals surface area contributed by atoms with Crippen LogP contribution in [0.4, 0.5) is 5.69 Å². The van der Waals surface area contributed by atoms with E-state index < -0.39 is 31.5 Å². The van der Waals surface area contributed by atoms with E-state index in [1.165, 1.54) is 12.1 Å². The number of hydrogen-bond donors (Lipinski definition) is 1. The Kier molecular flexibility index (Phi) is 0.778. The Bertz CT molecular complexity index is 493. The molecular weight excluding hydrogens is 214 g/mol. The van der Waals surface area contributed by atoms with E-state index in [4.69, 9.17) is 18.1 Å². The molecule has 1 aromatic carbocycles. The summed E-state index contributed by atoms with van der Waals surface area (Å²) < 4.78 is 68.7. The van der Waals surface area contributed by atoms with Gasteiger partial charge in [-0.25, -0.2) is 0 Å². The Morgan fingerprint density at radius 3 is 2.67 bits per heavy atom. The summed E-state index contributed by atoms with van der Waals surface area (Å²) in [6.07, 6.45) is 0. The third-order valence-corrected chi connectivity index (χ3v) is 1.91. The summed E-state index contributed by atoms with van der Waals surface area (Å²) >= 11 is 3.08. The van der Waals surface area contributed by atoms with Crippen molar-refractivity contribution in [1.82, 2.24) is 0 Å². The Balaban J connectivity index is 3.95. The van der Waals surface area contributed by atoms with Gasteiger partial charge in [-0.2, -0.15) is 0 Å². The van der Waals surface area contributed by atoms with Gasteiger partial charge in [0.2, 0.25) is 0 Å². The molecule has 0 fully saturated rings. The average Bonchev–Trinajstić information content (AvgIpc) is 2.17. The first kappa shape index (κ1) is 3.02. The number of halogens is 1. The summed E-state index contributed by atoms with van der Waals surface area (Å²) in [6, 6.07) is 3.89. The van der Waals surface area contributed by atoms with E-state index in [9.17, 15) is 0 Å². The topological polar surface area (TPSA) is 26.0 Å². The van der Waals surface area contributed by atoms with Crippen molar-refractivity contribution in [3.8, 4) is 0 Å². The first-order valence-electron chi connectivity index (χ1n) is 7.72. The molecule has 0 heterocycles. The van der Waals surface area contributed by atoms with Gasteiger partial charge in [0.05, 0.1) is 0 Å². The number of anilines is 1. The zero-order valence-electron chi connectivity index (χ0n) is 15.2. The maximum Gasteiger partial charge on any atom is 0.0352 e. The molecule has 0 bridgehead atoms. The molecule has 0 unspecified atom stereocenters. The molecule has 0 aliphatic rings. The molecule has 0 saturated heterocycles. The van der Waals surface area contributed by atoms with Gasteiger partial charge in [0.1, 0.15) is 0 Å². The minimum atomic E-state index is -3.31.